The van der Waals surface area contributed by atoms with Crippen LogP contribution in [0.3, 0.4) is 0 Å². The first-order valence-electron chi connectivity index (χ1n) is 8.21. The summed E-state index contributed by atoms with van der Waals surface area (Å²) in [4.78, 5) is 15.3. The first-order valence-corrected chi connectivity index (χ1v) is 8.21. The molecule has 1 aromatic heterocycles. The molecule has 0 aromatic carbocycles. The molecule has 1 saturated heterocycles. The molecular formula is C16H26N4O. The maximum Gasteiger partial charge on any atom is 0.257 e. The highest BCUT2D eigenvalue weighted by Gasteiger charge is 2.43. The summed E-state index contributed by atoms with van der Waals surface area (Å²) in [6.45, 7) is 4.72. The van der Waals surface area contributed by atoms with Gasteiger partial charge in [0, 0.05) is 32.9 Å². The number of aromatic nitrogens is 2. The third-order valence-electron chi connectivity index (χ3n) is 5.04. The Kier molecular flexibility index (Phi) is 4.02. The Morgan fingerprint density at radius 2 is 2.14 bits per heavy atom. The standard InChI is InChI=1S/C16H26N4O/c1-3-14-13(11-19(2)18-14)15(21)20-10-9-17-12-16(20)7-5-4-6-8-16/h11,17H,3-10,12H2,1-2H3. The summed E-state index contributed by atoms with van der Waals surface area (Å²) < 4.78 is 1.77. The van der Waals surface area contributed by atoms with Crippen LogP contribution in [0.2, 0.25) is 0 Å². The van der Waals surface area contributed by atoms with Crippen molar-refractivity contribution in [2.24, 2.45) is 7.05 Å². The molecule has 1 saturated carbocycles. The predicted octanol–water partition coefficient (Wildman–Crippen LogP) is 1.73. The highest BCUT2D eigenvalue weighted by Crippen LogP contribution is 2.35. The van der Waals surface area contributed by atoms with Crippen molar-refractivity contribution in [2.75, 3.05) is 19.6 Å². The van der Waals surface area contributed by atoms with Gasteiger partial charge >= 0.3 is 0 Å². The highest BCUT2D eigenvalue weighted by atomic mass is 16.2. The largest absolute Gasteiger partial charge is 0.330 e. The Morgan fingerprint density at radius 3 is 2.86 bits per heavy atom. The van der Waals surface area contributed by atoms with Crippen LogP contribution in [0.25, 0.3) is 0 Å². The average molecular weight is 290 g/mol. The molecule has 0 atom stereocenters. The van der Waals surface area contributed by atoms with Crippen molar-refractivity contribution in [3.8, 4) is 0 Å². The van der Waals surface area contributed by atoms with Gasteiger partial charge < -0.3 is 10.2 Å². The minimum atomic E-state index is 0.0361. The van der Waals surface area contributed by atoms with Gasteiger partial charge in [-0.3, -0.25) is 9.48 Å². The van der Waals surface area contributed by atoms with E-state index in [1.54, 1.807) is 4.68 Å². The summed E-state index contributed by atoms with van der Waals surface area (Å²) in [7, 11) is 1.89. The molecule has 5 nitrogen and oxygen atoms in total. The van der Waals surface area contributed by atoms with Gasteiger partial charge in [-0.25, -0.2) is 0 Å². The lowest BCUT2D eigenvalue weighted by Gasteiger charge is -2.49. The van der Waals surface area contributed by atoms with Crippen LogP contribution in [-0.4, -0.2) is 45.8 Å². The number of hydrogen-bond donors (Lipinski definition) is 1. The van der Waals surface area contributed by atoms with Gasteiger partial charge in [-0.1, -0.05) is 26.2 Å². The maximum absolute atomic E-state index is 13.1. The van der Waals surface area contributed by atoms with Crippen LogP contribution in [0.1, 0.15) is 55.1 Å². The predicted molar refractivity (Wildman–Crippen MR) is 82.3 cm³/mol. The number of carbonyl (C=O) groups is 1. The molecule has 0 radical (unpaired) electrons. The molecule has 1 aromatic rings. The van der Waals surface area contributed by atoms with Crippen molar-refractivity contribution in [3.05, 3.63) is 17.5 Å². The van der Waals surface area contributed by atoms with E-state index >= 15 is 0 Å². The van der Waals surface area contributed by atoms with Crippen LogP contribution in [-0.2, 0) is 13.5 Å². The number of nitrogens with one attached hydrogen (secondary N) is 1. The van der Waals surface area contributed by atoms with Gasteiger partial charge in [0.2, 0.25) is 0 Å². The molecule has 5 heteroatoms. The molecular weight excluding hydrogens is 264 g/mol. The molecule has 0 bridgehead atoms. The number of amides is 1. The fourth-order valence-corrected chi connectivity index (χ4v) is 3.94. The van der Waals surface area contributed by atoms with E-state index in [4.69, 9.17) is 0 Å². The second kappa shape index (κ2) is 5.79. The van der Waals surface area contributed by atoms with Crippen LogP contribution in [0.15, 0.2) is 6.20 Å². The summed E-state index contributed by atoms with van der Waals surface area (Å²) in [5, 5.41) is 7.93. The second-order valence-corrected chi connectivity index (χ2v) is 6.44. The van der Waals surface area contributed by atoms with Gasteiger partial charge in [0.05, 0.1) is 16.8 Å². The fraction of sp³-hybridized carbons (Fsp3) is 0.750. The van der Waals surface area contributed by atoms with Crippen LogP contribution < -0.4 is 5.32 Å². The highest BCUT2D eigenvalue weighted by molar-refractivity contribution is 5.95. The number of carbonyl (C=O) groups excluding carboxylic acids is 1. The zero-order valence-electron chi connectivity index (χ0n) is 13.2. The normalized spacial score (nSPS) is 21.7. The van der Waals surface area contributed by atoms with Crippen molar-refractivity contribution in [3.63, 3.8) is 0 Å². The molecule has 3 rings (SSSR count). The molecule has 1 amide bonds. The summed E-state index contributed by atoms with van der Waals surface area (Å²) in [6.07, 6.45) is 8.73. The molecule has 1 spiro atoms. The summed E-state index contributed by atoms with van der Waals surface area (Å²) in [6, 6.07) is 0. The van der Waals surface area contributed by atoms with E-state index in [-0.39, 0.29) is 11.4 Å². The van der Waals surface area contributed by atoms with Crippen LogP contribution >= 0.6 is 0 Å². The van der Waals surface area contributed by atoms with Gasteiger partial charge in [0.25, 0.3) is 5.91 Å². The van der Waals surface area contributed by atoms with Crippen LogP contribution in [0, 0.1) is 0 Å². The molecule has 1 N–H and O–H groups in total. The molecule has 2 heterocycles. The van der Waals surface area contributed by atoms with E-state index in [0.717, 1.165) is 50.2 Å². The molecule has 2 fully saturated rings. The van der Waals surface area contributed by atoms with Crippen molar-refractivity contribution >= 4 is 5.91 Å². The topological polar surface area (TPSA) is 50.2 Å². The molecule has 1 aliphatic carbocycles. The maximum atomic E-state index is 13.1. The Balaban J connectivity index is 1.90. The van der Waals surface area contributed by atoms with Crippen molar-refractivity contribution < 1.29 is 4.79 Å². The molecule has 0 unspecified atom stereocenters. The molecule has 2 aliphatic rings. The zero-order chi connectivity index (χ0) is 14.9. The number of rotatable bonds is 2. The van der Waals surface area contributed by atoms with Crippen molar-refractivity contribution in [1.29, 1.82) is 0 Å². The quantitative estimate of drug-likeness (QED) is 0.902. The lowest BCUT2D eigenvalue weighted by Crippen LogP contribution is -2.63. The van der Waals surface area contributed by atoms with Gasteiger partial charge in [-0.05, 0) is 19.3 Å². The van der Waals surface area contributed by atoms with E-state index in [1.165, 1.54) is 19.3 Å². The number of nitrogens with zero attached hydrogens (tertiary/aromatic N) is 3. The SMILES string of the molecule is CCc1nn(C)cc1C(=O)N1CCNCC12CCCCC2. The second-order valence-electron chi connectivity index (χ2n) is 6.44. The fourth-order valence-electron chi connectivity index (χ4n) is 3.94. The van der Waals surface area contributed by atoms with Crippen LogP contribution in [0.4, 0.5) is 0 Å². The zero-order valence-corrected chi connectivity index (χ0v) is 13.2. The van der Waals surface area contributed by atoms with E-state index in [9.17, 15) is 4.79 Å². The monoisotopic (exact) mass is 290 g/mol. The number of hydrogen-bond acceptors (Lipinski definition) is 3. The van der Waals surface area contributed by atoms with Gasteiger partial charge in [-0.2, -0.15) is 5.10 Å². The molecule has 1 aliphatic heterocycles. The lowest BCUT2D eigenvalue weighted by atomic mass is 9.78. The summed E-state index contributed by atoms with van der Waals surface area (Å²) in [5.74, 6) is 0.184. The average Bonchev–Trinajstić information content (AvgIpc) is 2.89. The minimum absolute atomic E-state index is 0.0361. The first kappa shape index (κ1) is 14.6. The summed E-state index contributed by atoms with van der Waals surface area (Å²) in [5.41, 5.74) is 1.76. The minimum Gasteiger partial charge on any atom is -0.330 e. The first-order chi connectivity index (χ1) is 10.2. The Bertz CT molecular complexity index is 508. The van der Waals surface area contributed by atoms with Crippen molar-refractivity contribution in [2.45, 2.75) is 51.0 Å². The van der Waals surface area contributed by atoms with E-state index < -0.39 is 0 Å². The van der Waals surface area contributed by atoms with E-state index in [0.29, 0.717) is 0 Å². The van der Waals surface area contributed by atoms with Gasteiger partial charge in [0.1, 0.15) is 0 Å². The Hall–Kier alpha value is -1.36. The number of piperazine rings is 1. The number of aryl methyl sites for hydroxylation is 2. The van der Waals surface area contributed by atoms with Gasteiger partial charge in [-0.15, -0.1) is 0 Å². The molecule has 116 valence electrons. The molecule has 21 heavy (non-hydrogen) atoms. The van der Waals surface area contributed by atoms with Crippen molar-refractivity contribution in [1.82, 2.24) is 20.0 Å². The third-order valence-corrected chi connectivity index (χ3v) is 5.04. The van der Waals surface area contributed by atoms with E-state index in [1.807, 2.05) is 13.2 Å². The van der Waals surface area contributed by atoms with Gasteiger partial charge in [0.15, 0.2) is 0 Å². The van der Waals surface area contributed by atoms with E-state index in [2.05, 4.69) is 22.2 Å². The summed E-state index contributed by atoms with van der Waals surface area (Å²) >= 11 is 0. The lowest BCUT2D eigenvalue weighted by molar-refractivity contribution is 0.0221. The Labute approximate surface area is 126 Å². The van der Waals surface area contributed by atoms with Crippen LogP contribution in [0.5, 0.6) is 0 Å². The smallest absolute Gasteiger partial charge is 0.257 e. The Morgan fingerprint density at radius 1 is 1.38 bits per heavy atom. The third kappa shape index (κ3) is 2.59.